The zero-order valence-corrected chi connectivity index (χ0v) is 18.2. The Labute approximate surface area is 184 Å². The number of fused-ring (bicyclic) bond motifs is 1. The molecule has 3 aromatic rings. The topological polar surface area (TPSA) is 90.6 Å². The molecule has 0 spiro atoms. The van der Waals surface area contributed by atoms with Gasteiger partial charge in [0.15, 0.2) is 16.7 Å². The van der Waals surface area contributed by atoms with Crippen LogP contribution in [0.5, 0.6) is 11.5 Å². The summed E-state index contributed by atoms with van der Waals surface area (Å²) in [7, 11) is 1.91. The molecule has 0 bridgehead atoms. The van der Waals surface area contributed by atoms with Crippen LogP contribution in [0.3, 0.4) is 0 Å². The number of ether oxygens (including phenoxy) is 2. The summed E-state index contributed by atoms with van der Waals surface area (Å²) in [5.74, 6) is 2.08. The fourth-order valence-corrected chi connectivity index (χ4v) is 3.84. The normalized spacial score (nSPS) is 12.8. The number of rotatable bonds is 8. The molecular weight excluding hydrogens is 414 g/mol. The minimum Gasteiger partial charge on any atom is -0.454 e. The van der Waals surface area contributed by atoms with Crippen LogP contribution in [0, 0.1) is 0 Å². The van der Waals surface area contributed by atoms with Gasteiger partial charge in [-0.05, 0) is 55.2 Å². The molecule has 0 radical (unpaired) electrons. The van der Waals surface area contributed by atoms with Gasteiger partial charge >= 0.3 is 0 Å². The number of hydrazone groups is 1. The Bertz CT molecular complexity index is 1090. The van der Waals surface area contributed by atoms with Crippen molar-refractivity contribution in [2.75, 3.05) is 6.79 Å². The highest BCUT2D eigenvalue weighted by atomic mass is 32.2. The van der Waals surface area contributed by atoms with Crippen molar-refractivity contribution in [2.45, 2.75) is 30.7 Å². The lowest BCUT2D eigenvalue weighted by atomic mass is 10.1. The van der Waals surface area contributed by atoms with E-state index in [9.17, 15) is 4.79 Å². The summed E-state index contributed by atoms with van der Waals surface area (Å²) in [6.45, 7) is 2.17. The first-order valence-corrected chi connectivity index (χ1v) is 10.8. The predicted octanol–water partition coefficient (Wildman–Crippen LogP) is 3.57. The van der Waals surface area contributed by atoms with Crippen molar-refractivity contribution in [3.05, 3.63) is 65.5 Å². The third-order valence-electron chi connectivity index (χ3n) is 4.81. The molecule has 0 atom stereocenters. The summed E-state index contributed by atoms with van der Waals surface area (Å²) in [6, 6.07) is 13.4. The molecule has 2 heterocycles. The lowest BCUT2D eigenvalue weighted by Crippen LogP contribution is -2.19. The third kappa shape index (κ3) is 5.43. The molecule has 4 rings (SSSR count). The van der Waals surface area contributed by atoms with E-state index in [2.05, 4.69) is 20.7 Å². The molecule has 8 nitrogen and oxygen atoms in total. The van der Waals surface area contributed by atoms with Crippen molar-refractivity contribution in [1.82, 2.24) is 20.2 Å². The molecule has 1 amide bonds. The van der Waals surface area contributed by atoms with Crippen LogP contribution in [0.15, 0.2) is 59.0 Å². The second-order valence-electron chi connectivity index (χ2n) is 7.19. The van der Waals surface area contributed by atoms with E-state index < -0.39 is 0 Å². The molecule has 1 aliphatic heterocycles. The maximum Gasteiger partial charge on any atom is 0.271 e. The first kappa shape index (κ1) is 20.9. The van der Waals surface area contributed by atoms with Gasteiger partial charge in [-0.25, -0.2) is 5.43 Å². The molecular formula is C22H23N5O3S. The number of nitrogens with zero attached hydrogens (tertiary/aromatic N) is 4. The van der Waals surface area contributed by atoms with Crippen LogP contribution < -0.4 is 14.9 Å². The van der Waals surface area contributed by atoms with E-state index in [1.807, 2.05) is 48.9 Å². The van der Waals surface area contributed by atoms with Gasteiger partial charge in [0.1, 0.15) is 6.33 Å². The summed E-state index contributed by atoms with van der Waals surface area (Å²) >= 11 is 1.60. The molecule has 160 valence electrons. The number of aryl methyl sites for hydroxylation is 2. The SMILES string of the molecule is CC(CCc1ccc2c(c1)OCO2)=NNC(=O)c1ccc(CSc2nncn2C)cc1. The number of aromatic nitrogens is 3. The zero-order valence-electron chi connectivity index (χ0n) is 17.4. The fraction of sp³-hybridized carbons (Fsp3) is 0.273. The van der Waals surface area contributed by atoms with Crippen LogP contribution >= 0.6 is 11.8 Å². The first-order chi connectivity index (χ1) is 15.1. The van der Waals surface area contributed by atoms with Crippen LogP contribution in [0.25, 0.3) is 0 Å². The van der Waals surface area contributed by atoms with Gasteiger partial charge in [0.05, 0.1) is 0 Å². The predicted molar refractivity (Wildman–Crippen MR) is 118 cm³/mol. The third-order valence-corrected chi connectivity index (χ3v) is 5.92. The highest BCUT2D eigenvalue weighted by Gasteiger charge is 2.13. The van der Waals surface area contributed by atoms with Gasteiger partial charge in [-0.15, -0.1) is 10.2 Å². The van der Waals surface area contributed by atoms with Crippen LogP contribution in [0.4, 0.5) is 0 Å². The quantitative estimate of drug-likeness (QED) is 0.329. The van der Waals surface area contributed by atoms with Gasteiger partial charge in [-0.2, -0.15) is 5.10 Å². The monoisotopic (exact) mass is 437 g/mol. The number of benzene rings is 2. The lowest BCUT2D eigenvalue weighted by molar-refractivity contribution is 0.0954. The zero-order chi connectivity index (χ0) is 21.6. The standard InChI is InChI=1S/C22H23N5O3S/c1-15(3-4-16-7-10-19-20(11-16)30-14-29-19)24-25-21(28)18-8-5-17(6-9-18)12-31-22-26-23-13-27(22)2/h5-11,13H,3-4,12,14H2,1-2H3,(H,25,28). The van der Waals surface area contributed by atoms with Crippen molar-refractivity contribution in [3.8, 4) is 11.5 Å². The Morgan fingerprint density at radius 3 is 2.71 bits per heavy atom. The Morgan fingerprint density at radius 2 is 1.94 bits per heavy atom. The number of carbonyl (C=O) groups is 1. The van der Waals surface area contributed by atoms with E-state index >= 15 is 0 Å². The fourth-order valence-electron chi connectivity index (χ4n) is 2.99. The highest BCUT2D eigenvalue weighted by molar-refractivity contribution is 7.98. The lowest BCUT2D eigenvalue weighted by Gasteiger charge is -2.05. The molecule has 0 aliphatic carbocycles. The maximum atomic E-state index is 12.4. The average Bonchev–Trinajstić information content (AvgIpc) is 3.43. The van der Waals surface area contributed by atoms with E-state index in [0.29, 0.717) is 5.56 Å². The maximum absolute atomic E-state index is 12.4. The van der Waals surface area contributed by atoms with Crippen molar-refractivity contribution < 1.29 is 14.3 Å². The minimum atomic E-state index is -0.227. The van der Waals surface area contributed by atoms with Crippen LogP contribution in [0.2, 0.25) is 0 Å². The van der Waals surface area contributed by atoms with Crippen molar-refractivity contribution in [3.63, 3.8) is 0 Å². The summed E-state index contributed by atoms with van der Waals surface area (Å²) in [4.78, 5) is 12.4. The Hall–Kier alpha value is -3.33. The van der Waals surface area contributed by atoms with Gasteiger partial charge in [-0.1, -0.05) is 30.0 Å². The smallest absolute Gasteiger partial charge is 0.271 e. The van der Waals surface area contributed by atoms with Gasteiger partial charge in [0, 0.05) is 24.1 Å². The summed E-state index contributed by atoms with van der Waals surface area (Å²) in [5, 5.41) is 13.0. The van der Waals surface area contributed by atoms with Crippen molar-refractivity contribution in [2.24, 2.45) is 12.1 Å². The number of carbonyl (C=O) groups excluding carboxylic acids is 1. The Kier molecular flexibility index (Phi) is 6.51. The molecule has 0 fully saturated rings. The molecule has 31 heavy (non-hydrogen) atoms. The number of hydrogen-bond acceptors (Lipinski definition) is 7. The van der Waals surface area contributed by atoms with Gasteiger partial charge in [0.25, 0.3) is 5.91 Å². The number of amides is 1. The molecule has 1 aromatic heterocycles. The largest absolute Gasteiger partial charge is 0.454 e. The first-order valence-electron chi connectivity index (χ1n) is 9.86. The second-order valence-corrected chi connectivity index (χ2v) is 8.13. The minimum absolute atomic E-state index is 0.227. The van der Waals surface area contributed by atoms with E-state index in [1.54, 1.807) is 30.2 Å². The van der Waals surface area contributed by atoms with Crippen molar-refractivity contribution in [1.29, 1.82) is 0 Å². The van der Waals surface area contributed by atoms with Crippen LogP contribution in [-0.2, 0) is 19.2 Å². The van der Waals surface area contributed by atoms with Crippen molar-refractivity contribution >= 4 is 23.4 Å². The summed E-state index contributed by atoms with van der Waals surface area (Å²) in [5.41, 5.74) is 6.30. The molecule has 1 N–H and O–H groups in total. The number of nitrogens with one attached hydrogen (secondary N) is 1. The van der Waals surface area contributed by atoms with Gasteiger partial charge in [-0.3, -0.25) is 4.79 Å². The Morgan fingerprint density at radius 1 is 1.16 bits per heavy atom. The molecule has 0 saturated heterocycles. The van der Waals surface area contributed by atoms with E-state index in [1.165, 1.54) is 0 Å². The van der Waals surface area contributed by atoms with Crippen LogP contribution in [-0.4, -0.2) is 33.2 Å². The number of hydrogen-bond donors (Lipinski definition) is 1. The molecule has 9 heteroatoms. The second kappa shape index (κ2) is 9.65. The van der Waals surface area contributed by atoms with Crippen LogP contribution in [0.1, 0.15) is 34.8 Å². The molecule has 0 saturated carbocycles. The van der Waals surface area contributed by atoms with Gasteiger partial charge in [0.2, 0.25) is 6.79 Å². The Balaban J connectivity index is 1.25. The summed E-state index contributed by atoms with van der Waals surface area (Å²) in [6.07, 6.45) is 3.21. The van der Waals surface area contributed by atoms with Gasteiger partial charge < -0.3 is 14.0 Å². The van der Waals surface area contributed by atoms with E-state index in [4.69, 9.17) is 9.47 Å². The highest BCUT2D eigenvalue weighted by Crippen LogP contribution is 2.32. The molecule has 2 aromatic carbocycles. The molecule has 1 aliphatic rings. The summed E-state index contributed by atoms with van der Waals surface area (Å²) < 4.78 is 12.6. The van der Waals surface area contributed by atoms with E-state index in [0.717, 1.165) is 52.1 Å². The van der Waals surface area contributed by atoms with E-state index in [-0.39, 0.29) is 12.7 Å². The molecule has 0 unspecified atom stereocenters. The number of thioether (sulfide) groups is 1. The average molecular weight is 438 g/mol.